The van der Waals surface area contributed by atoms with Crippen molar-refractivity contribution in [2.24, 2.45) is 0 Å². The van der Waals surface area contributed by atoms with Crippen LogP contribution in [0.15, 0.2) is 30.6 Å². The van der Waals surface area contributed by atoms with Gasteiger partial charge in [0.2, 0.25) is 11.8 Å². The van der Waals surface area contributed by atoms with Crippen molar-refractivity contribution >= 4 is 17.7 Å². The number of rotatable bonds is 5. The highest BCUT2D eigenvalue weighted by molar-refractivity contribution is 6.05. The fourth-order valence-electron chi connectivity index (χ4n) is 5.99. The van der Waals surface area contributed by atoms with Gasteiger partial charge in [-0.05, 0) is 61.9 Å². The number of fused-ring (bicyclic) bond motifs is 1. The number of nitrogens with one attached hydrogen (secondary N) is 1. The van der Waals surface area contributed by atoms with Crippen LogP contribution in [0.3, 0.4) is 0 Å². The maximum absolute atomic E-state index is 13.0. The Kier molecular flexibility index (Phi) is 5.95. The topological polar surface area (TPSA) is 105 Å². The molecule has 2 aromatic rings. The number of amides is 3. The zero-order chi connectivity index (χ0) is 24.8. The van der Waals surface area contributed by atoms with Gasteiger partial charge in [0.1, 0.15) is 23.7 Å². The molecule has 4 aliphatic rings. The van der Waals surface area contributed by atoms with Gasteiger partial charge < -0.3 is 9.64 Å². The third kappa shape index (κ3) is 4.25. The molecule has 1 aromatic carbocycles. The zero-order valence-corrected chi connectivity index (χ0v) is 20.5. The molecular formula is C27H31N5O4. The number of carbonyl (C=O) groups excluding carboxylic acids is 3. The molecule has 4 heterocycles. The van der Waals surface area contributed by atoms with E-state index in [0.29, 0.717) is 30.5 Å². The van der Waals surface area contributed by atoms with Crippen LogP contribution in [-0.4, -0.2) is 68.8 Å². The van der Waals surface area contributed by atoms with Crippen LogP contribution in [0.25, 0.3) is 0 Å². The summed E-state index contributed by atoms with van der Waals surface area (Å²) in [5, 5.41) is 2.35. The number of likely N-dealkylation sites (tertiary alicyclic amines) is 1. The minimum Gasteiger partial charge on any atom is -0.489 e. The number of aryl methyl sites for hydroxylation is 1. The van der Waals surface area contributed by atoms with Crippen molar-refractivity contribution in [3.63, 3.8) is 0 Å². The highest BCUT2D eigenvalue weighted by Crippen LogP contribution is 2.36. The van der Waals surface area contributed by atoms with E-state index >= 15 is 0 Å². The number of hydrogen-bond acceptors (Lipinski definition) is 7. The van der Waals surface area contributed by atoms with Crippen LogP contribution in [0.5, 0.6) is 5.75 Å². The smallest absolute Gasteiger partial charge is 0.255 e. The first-order valence-electron chi connectivity index (χ1n) is 12.9. The Bertz CT molecular complexity index is 1190. The number of nitrogens with zero attached hydrogens (tertiary/aromatic N) is 4. The Morgan fingerprint density at radius 3 is 2.58 bits per heavy atom. The maximum atomic E-state index is 13.0. The summed E-state index contributed by atoms with van der Waals surface area (Å²) in [6, 6.07) is 5.38. The number of piperidine rings is 1. The first kappa shape index (κ1) is 23.1. The van der Waals surface area contributed by atoms with Crippen LogP contribution < -0.4 is 10.1 Å². The fraction of sp³-hybridized carbons (Fsp3) is 0.519. The predicted octanol–water partition coefficient (Wildman–Crippen LogP) is 2.34. The largest absolute Gasteiger partial charge is 0.489 e. The molecule has 36 heavy (non-hydrogen) atoms. The highest BCUT2D eigenvalue weighted by atomic mass is 16.5. The van der Waals surface area contributed by atoms with Gasteiger partial charge in [0.05, 0.1) is 0 Å². The lowest BCUT2D eigenvalue weighted by atomic mass is 9.86. The molecule has 1 N–H and O–H groups in total. The van der Waals surface area contributed by atoms with Crippen molar-refractivity contribution in [1.82, 2.24) is 25.1 Å². The minimum absolute atomic E-state index is 0.0972. The van der Waals surface area contributed by atoms with E-state index in [0.717, 1.165) is 55.1 Å². The van der Waals surface area contributed by atoms with Gasteiger partial charge in [0.25, 0.3) is 5.91 Å². The van der Waals surface area contributed by atoms with Crippen molar-refractivity contribution in [3.8, 4) is 5.75 Å². The average Bonchev–Trinajstić information content (AvgIpc) is 3.16. The maximum Gasteiger partial charge on any atom is 0.255 e. The van der Waals surface area contributed by atoms with Gasteiger partial charge in [-0.2, -0.15) is 0 Å². The molecule has 9 nitrogen and oxygen atoms in total. The molecule has 1 aliphatic carbocycles. The highest BCUT2D eigenvalue weighted by Gasteiger charge is 2.41. The van der Waals surface area contributed by atoms with Crippen LogP contribution in [-0.2, 0) is 16.1 Å². The molecule has 0 radical (unpaired) electrons. The number of ether oxygens (including phenoxy) is 1. The van der Waals surface area contributed by atoms with Crippen LogP contribution in [0, 0.1) is 6.92 Å². The zero-order valence-electron chi connectivity index (χ0n) is 20.5. The van der Waals surface area contributed by atoms with E-state index in [9.17, 15) is 14.4 Å². The van der Waals surface area contributed by atoms with Gasteiger partial charge in [0, 0.05) is 56.0 Å². The van der Waals surface area contributed by atoms with E-state index in [4.69, 9.17) is 4.74 Å². The molecular weight excluding hydrogens is 458 g/mol. The molecule has 2 saturated heterocycles. The molecule has 1 saturated carbocycles. The number of hydrogen-bond donors (Lipinski definition) is 1. The second-order valence-corrected chi connectivity index (χ2v) is 10.5. The number of aromatic nitrogens is 2. The monoisotopic (exact) mass is 489 g/mol. The Morgan fingerprint density at radius 2 is 1.81 bits per heavy atom. The lowest BCUT2D eigenvalue weighted by Gasteiger charge is -2.47. The Labute approximate surface area is 210 Å². The molecule has 6 rings (SSSR count). The molecule has 3 atom stereocenters. The van der Waals surface area contributed by atoms with Gasteiger partial charge in [-0.25, -0.2) is 9.97 Å². The van der Waals surface area contributed by atoms with Gasteiger partial charge >= 0.3 is 0 Å². The fourth-order valence-corrected chi connectivity index (χ4v) is 5.99. The van der Waals surface area contributed by atoms with E-state index in [-0.39, 0.29) is 24.3 Å². The Balaban J connectivity index is 1.11. The molecule has 1 unspecified atom stereocenters. The van der Waals surface area contributed by atoms with Crippen LogP contribution in [0.1, 0.15) is 71.8 Å². The summed E-state index contributed by atoms with van der Waals surface area (Å²) in [7, 11) is 0. The summed E-state index contributed by atoms with van der Waals surface area (Å²) >= 11 is 0. The number of benzene rings is 1. The third-order valence-corrected chi connectivity index (χ3v) is 8.00. The van der Waals surface area contributed by atoms with Crippen molar-refractivity contribution in [2.45, 2.75) is 76.1 Å². The molecule has 3 fully saturated rings. The van der Waals surface area contributed by atoms with Crippen LogP contribution in [0.4, 0.5) is 0 Å². The molecule has 3 aliphatic heterocycles. The molecule has 1 aromatic heterocycles. The van der Waals surface area contributed by atoms with E-state index in [1.54, 1.807) is 4.90 Å². The van der Waals surface area contributed by atoms with Gasteiger partial charge in [-0.1, -0.05) is 6.42 Å². The summed E-state index contributed by atoms with van der Waals surface area (Å²) in [4.78, 5) is 49.9. The van der Waals surface area contributed by atoms with Crippen LogP contribution in [0.2, 0.25) is 0 Å². The van der Waals surface area contributed by atoms with Gasteiger partial charge in [-0.15, -0.1) is 0 Å². The average molecular weight is 490 g/mol. The summed E-state index contributed by atoms with van der Waals surface area (Å²) in [5.41, 5.74) is 2.55. The number of imide groups is 1. The van der Waals surface area contributed by atoms with Crippen molar-refractivity contribution in [2.75, 3.05) is 13.1 Å². The number of carbonyl (C=O) groups is 3. The molecule has 0 bridgehead atoms. The SMILES string of the molecule is Cc1cnc(C2CN([C@H]3CCCC[C@H]3Oc3ccc4c(c3)CN(C3CCC(=O)NC3=O)C4=O)C2)nc1. The minimum atomic E-state index is -0.605. The molecule has 3 amide bonds. The first-order chi connectivity index (χ1) is 17.5. The van der Waals surface area contributed by atoms with E-state index in [1.807, 2.05) is 37.5 Å². The quantitative estimate of drug-likeness (QED) is 0.643. The normalized spacial score (nSPS) is 27.0. The van der Waals surface area contributed by atoms with E-state index < -0.39 is 11.9 Å². The standard InChI is InChI=1S/C27H31N5O4/c1-16-11-28-25(29-12-16)18-13-31(14-18)21-4-2-3-5-23(21)36-19-6-7-20-17(10-19)15-32(27(20)35)22-8-9-24(33)30-26(22)34/h6-7,10-12,18,21-23H,2-5,8-9,13-15H2,1H3,(H,30,33,34)/t21-,22?,23+/m0/s1. The Morgan fingerprint density at radius 1 is 1.03 bits per heavy atom. The second kappa shape index (κ2) is 9.28. The lowest BCUT2D eigenvalue weighted by Crippen LogP contribution is -2.57. The first-order valence-corrected chi connectivity index (χ1v) is 12.9. The van der Waals surface area contributed by atoms with Gasteiger partial charge in [0.15, 0.2) is 0 Å². The molecule has 188 valence electrons. The molecule has 0 spiro atoms. The van der Waals surface area contributed by atoms with E-state index in [1.165, 1.54) is 6.42 Å². The summed E-state index contributed by atoms with van der Waals surface area (Å²) in [6.07, 6.45) is 8.95. The van der Waals surface area contributed by atoms with Crippen molar-refractivity contribution < 1.29 is 19.1 Å². The lowest BCUT2D eigenvalue weighted by molar-refractivity contribution is -0.136. The van der Waals surface area contributed by atoms with Crippen molar-refractivity contribution in [1.29, 1.82) is 0 Å². The predicted molar refractivity (Wildman–Crippen MR) is 130 cm³/mol. The van der Waals surface area contributed by atoms with Crippen molar-refractivity contribution in [3.05, 3.63) is 53.1 Å². The third-order valence-electron chi connectivity index (χ3n) is 8.00. The summed E-state index contributed by atoms with van der Waals surface area (Å²) in [5.74, 6) is 1.23. The second-order valence-electron chi connectivity index (χ2n) is 10.5. The van der Waals surface area contributed by atoms with Crippen LogP contribution >= 0.6 is 0 Å². The summed E-state index contributed by atoms with van der Waals surface area (Å²) < 4.78 is 6.53. The van der Waals surface area contributed by atoms with Gasteiger partial charge in [-0.3, -0.25) is 24.6 Å². The van der Waals surface area contributed by atoms with E-state index in [2.05, 4.69) is 20.2 Å². The molecule has 9 heteroatoms. The Hall–Kier alpha value is -3.33. The summed E-state index contributed by atoms with van der Waals surface area (Å²) in [6.45, 7) is 4.26.